The quantitative estimate of drug-likeness (QED) is 0.769. The van der Waals surface area contributed by atoms with E-state index in [2.05, 4.69) is 0 Å². The second-order valence-electron chi connectivity index (χ2n) is 3.91. The lowest BCUT2D eigenvalue weighted by atomic mass is 10.2. The minimum Gasteiger partial charge on any atom is -0.489 e. The van der Waals surface area contributed by atoms with Crippen LogP contribution in [0.1, 0.15) is 11.1 Å². The lowest BCUT2D eigenvalue weighted by Crippen LogP contribution is -1.98. The van der Waals surface area contributed by atoms with Crippen LogP contribution in [0.4, 0.5) is 4.39 Å². The van der Waals surface area contributed by atoms with Crippen LogP contribution in [0.2, 0.25) is 10.0 Å². The topological polar surface area (TPSA) is 9.23 Å². The highest BCUT2D eigenvalue weighted by Gasteiger charge is 2.06. The van der Waals surface area contributed by atoms with E-state index in [1.807, 2.05) is 12.1 Å². The van der Waals surface area contributed by atoms with E-state index in [9.17, 15) is 4.39 Å². The van der Waals surface area contributed by atoms with Crippen molar-refractivity contribution in [3.63, 3.8) is 0 Å². The van der Waals surface area contributed by atoms with Crippen LogP contribution in [0, 0.1) is 12.7 Å². The van der Waals surface area contributed by atoms with E-state index in [1.54, 1.807) is 19.1 Å². The number of aryl methyl sites for hydroxylation is 1. The Bertz CT molecular complexity index is 570. The molecule has 0 fully saturated rings. The lowest BCUT2D eigenvalue weighted by molar-refractivity contribution is 0.303. The minimum atomic E-state index is -0.277. The molecular formula is C14H11Cl2FO. The van der Waals surface area contributed by atoms with Crippen LogP contribution in [0.5, 0.6) is 5.75 Å². The molecule has 18 heavy (non-hydrogen) atoms. The first-order chi connectivity index (χ1) is 8.58. The Hall–Kier alpha value is -1.25. The Morgan fingerprint density at radius 3 is 2.67 bits per heavy atom. The molecule has 1 nitrogen and oxygen atoms in total. The Labute approximate surface area is 115 Å². The van der Waals surface area contributed by atoms with Gasteiger partial charge in [-0.1, -0.05) is 35.3 Å². The minimum absolute atomic E-state index is 0.277. The highest BCUT2D eigenvalue weighted by atomic mass is 35.5. The van der Waals surface area contributed by atoms with Crippen LogP contribution in [0.3, 0.4) is 0 Å². The summed E-state index contributed by atoms with van der Waals surface area (Å²) in [5, 5.41) is 0.979. The number of hydrogen-bond donors (Lipinski definition) is 0. The first kappa shape index (κ1) is 13.2. The van der Waals surface area contributed by atoms with Crippen LogP contribution < -0.4 is 4.74 Å². The first-order valence-electron chi connectivity index (χ1n) is 5.40. The SMILES string of the molecule is Cc1cc(F)ccc1OCc1cccc(Cl)c1Cl. The molecule has 0 saturated carbocycles. The zero-order valence-corrected chi connectivity index (χ0v) is 11.2. The summed E-state index contributed by atoms with van der Waals surface area (Å²) in [5.74, 6) is 0.355. The van der Waals surface area contributed by atoms with Gasteiger partial charge in [0.15, 0.2) is 0 Å². The van der Waals surface area contributed by atoms with E-state index in [0.29, 0.717) is 22.4 Å². The molecule has 0 heterocycles. The van der Waals surface area contributed by atoms with Gasteiger partial charge < -0.3 is 4.74 Å². The average molecular weight is 285 g/mol. The standard InChI is InChI=1S/C14H11Cl2FO/c1-9-7-11(17)5-6-13(9)18-8-10-3-2-4-12(15)14(10)16/h2-7H,8H2,1H3. The summed E-state index contributed by atoms with van der Waals surface area (Å²) in [5.41, 5.74) is 1.54. The van der Waals surface area contributed by atoms with Gasteiger partial charge in [0.1, 0.15) is 18.2 Å². The normalized spacial score (nSPS) is 10.4. The van der Waals surface area contributed by atoms with Gasteiger partial charge in [0.05, 0.1) is 10.0 Å². The maximum absolute atomic E-state index is 12.9. The fourth-order valence-electron chi connectivity index (χ4n) is 1.59. The third-order valence-electron chi connectivity index (χ3n) is 2.55. The predicted molar refractivity (Wildman–Crippen MR) is 71.9 cm³/mol. The van der Waals surface area contributed by atoms with Gasteiger partial charge in [0.25, 0.3) is 0 Å². The van der Waals surface area contributed by atoms with Crippen molar-refractivity contribution in [3.8, 4) is 5.75 Å². The summed E-state index contributed by atoms with van der Waals surface area (Å²) >= 11 is 12.0. The van der Waals surface area contributed by atoms with E-state index in [0.717, 1.165) is 11.1 Å². The third-order valence-corrected chi connectivity index (χ3v) is 3.41. The zero-order chi connectivity index (χ0) is 13.1. The van der Waals surface area contributed by atoms with Gasteiger partial charge in [-0.05, 0) is 36.8 Å². The number of halogens is 3. The number of ether oxygens (including phenoxy) is 1. The molecule has 0 atom stereocenters. The molecule has 0 aliphatic rings. The highest BCUT2D eigenvalue weighted by molar-refractivity contribution is 6.42. The Morgan fingerprint density at radius 1 is 1.17 bits per heavy atom. The van der Waals surface area contributed by atoms with Gasteiger partial charge in [0, 0.05) is 5.56 Å². The Kier molecular flexibility index (Phi) is 4.10. The van der Waals surface area contributed by atoms with Crippen molar-refractivity contribution in [2.75, 3.05) is 0 Å². The van der Waals surface area contributed by atoms with Crippen LogP contribution in [-0.4, -0.2) is 0 Å². The Morgan fingerprint density at radius 2 is 1.94 bits per heavy atom. The van der Waals surface area contributed by atoms with Gasteiger partial charge in [-0.25, -0.2) is 4.39 Å². The van der Waals surface area contributed by atoms with Crippen molar-refractivity contribution in [1.82, 2.24) is 0 Å². The van der Waals surface area contributed by atoms with Crippen molar-refractivity contribution >= 4 is 23.2 Å². The second-order valence-corrected chi connectivity index (χ2v) is 4.70. The van der Waals surface area contributed by atoms with Crippen molar-refractivity contribution in [2.45, 2.75) is 13.5 Å². The molecule has 0 unspecified atom stereocenters. The largest absolute Gasteiger partial charge is 0.489 e. The van der Waals surface area contributed by atoms with Crippen LogP contribution in [-0.2, 0) is 6.61 Å². The number of benzene rings is 2. The van der Waals surface area contributed by atoms with Crippen LogP contribution >= 0.6 is 23.2 Å². The molecule has 0 spiro atoms. The van der Waals surface area contributed by atoms with E-state index in [4.69, 9.17) is 27.9 Å². The van der Waals surface area contributed by atoms with Gasteiger partial charge in [-0.2, -0.15) is 0 Å². The molecule has 0 aliphatic heterocycles. The molecule has 0 bridgehead atoms. The van der Waals surface area contributed by atoms with Gasteiger partial charge in [-0.15, -0.1) is 0 Å². The molecule has 0 aliphatic carbocycles. The molecule has 0 saturated heterocycles. The third kappa shape index (κ3) is 2.95. The molecule has 0 amide bonds. The summed E-state index contributed by atoms with van der Waals surface area (Å²) in [4.78, 5) is 0. The fraction of sp³-hybridized carbons (Fsp3) is 0.143. The molecular weight excluding hydrogens is 274 g/mol. The van der Waals surface area contributed by atoms with Crippen molar-refractivity contribution < 1.29 is 9.13 Å². The molecule has 2 rings (SSSR count). The van der Waals surface area contributed by atoms with Crippen molar-refractivity contribution in [1.29, 1.82) is 0 Å². The van der Waals surface area contributed by atoms with Crippen LogP contribution in [0.15, 0.2) is 36.4 Å². The summed E-state index contributed by atoms with van der Waals surface area (Å²) < 4.78 is 18.5. The summed E-state index contributed by atoms with van der Waals surface area (Å²) in [6.07, 6.45) is 0. The van der Waals surface area contributed by atoms with E-state index >= 15 is 0 Å². The first-order valence-corrected chi connectivity index (χ1v) is 6.15. The molecule has 4 heteroatoms. The summed E-state index contributed by atoms with van der Waals surface area (Å²) in [6, 6.07) is 9.76. The maximum atomic E-state index is 12.9. The van der Waals surface area contributed by atoms with E-state index in [1.165, 1.54) is 12.1 Å². The molecule has 0 aromatic heterocycles. The molecule has 2 aromatic carbocycles. The zero-order valence-electron chi connectivity index (χ0n) is 9.71. The van der Waals surface area contributed by atoms with E-state index < -0.39 is 0 Å². The van der Waals surface area contributed by atoms with Gasteiger partial charge in [0.2, 0.25) is 0 Å². The van der Waals surface area contributed by atoms with E-state index in [-0.39, 0.29) is 5.82 Å². The van der Waals surface area contributed by atoms with Gasteiger partial charge >= 0.3 is 0 Å². The van der Waals surface area contributed by atoms with Gasteiger partial charge in [-0.3, -0.25) is 0 Å². The van der Waals surface area contributed by atoms with Crippen molar-refractivity contribution in [2.24, 2.45) is 0 Å². The maximum Gasteiger partial charge on any atom is 0.123 e. The lowest BCUT2D eigenvalue weighted by Gasteiger charge is -2.10. The summed E-state index contributed by atoms with van der Waals surface area (Å²) in [6.45, 7) is 2.09. The second kappa shape index (κ2) is 5.59. The van der Waals surface area contributed by atoms with Crippen molar-refractivity contribution in [3.05, 3.63) is 63.4 Å². The number of hydrogen-bond acceptors (Lipinski definition) is 1. The van der Waals surface area contributed by atoms with Crippen LogP contribution in [0.25, 0.3) is 0 Å². The summed E-state index contributed by atoms with van der Waals surface area (Å²) in [7, 11) is 0. The molecule has 0 radical (unpaired) electrons. The Balaban J connectivity index is 2.14. The predicted octanol–water partition coefficient (Wildman–Crippen LogP) is 5.02. The highest BCUT2D eigenvalue weighted by Crippen LogP contribution is 2.27. The monoisotopic (exact) mass is 284 g/mol. The number of rotatable bonds is 3. The molecule has 0 N–H and O–H groups in total. The average Bonchev–Trinajstić information content (AvgIpc) is 2.33. The molecule has 2 aromatic rings. The molecule has 94 valence electrons. The smallest absolute Gasteiger partial charge is 0.123 e. The fourth-order valence-corrected chi connectivity index (χ4v) is 1.96.